The first-order chi connectivity index (χ1) is 18.1. The molecule has 0 aliphatic rings. The van der Waals surface area contributed by atoms with Gasteiger partial charge in [0, 0.05) is 12.4 Å². The summed E-state index contributed by atoms with van der Waals surface area (Å²) < 4.78 is 12.5. The minimum Gasteiger partial charge on any atom is -0.495 e. The Balaban J connectivity index is 0.000000267. The van der Waals surface area contributed by atoms with Crippen molar-refractivity contribution in [3.05, 3.63) is 71.5 Å². The summed E-state index contributed by atoms with van der Waals surface area (Å²) in [5.74, 6) is 0.142. The van der Waals surface area contributed by atoms with E-state index in [1.165, 1.54) is 4.90 Å². The van der Waals surface area contributed by atoms with E-state index in [4.69, 9.17) is 32.7 Å². The van der Waals surface area contributed by atoms with Gasteiger partial charge in [-0.2, -0.15) is 5.10 Å². The van der Waals surface area contributed by atoms with E-state index in [1.807, 2.05) is 83.3 Å². The smallest absolute Gasteiger partial charge is 0.243 e. The zero-order valence-corrected chi connectivity index (χ0v) is 24.3. The fourth-order valence-corrected chi connectivity index (χ4v) is 4.10. The van der Waals surface area contributed by atoms with Crippen LogP contribution in [-0.2, 0) is 21.0 Å². The molecule has 0 aliphatic heterocycles. The van der Waals surface area contributed by atoms with Crippen LogP contribution in [0.3, 0.4) is 0 Å². The van der Waals surface area contributed by atoms with Gasteiger partial charge in [0.1, 0.15) is 30.9 Å². The van der Waals surface area contributed by atoms with Gasteiger partial charge >= 0.3 is 0 Å². The Bertz CT molecular complexity index is 1170. The van der Waals surface area contributed by atoms with Crippen LogP contribution in [0, 0.1) is 20.8 Å². The van der Waals surface area contributed by atoms with Gasteiger partial charge in [-0.1, -0.05) is 30.3 Å². The highest BCUT2D eigenvalue weighted by Crippen LogP contribution is 2.32. The van der Waals surface area contributed by atoms with Gasteiger partial charge in [0.05, 0.1) is 24.6 Å². The number of rotatable bonds is 10. The number of ether oxygens (including phenoxy) is 2. The number of hydrogen-bond donors (Lipinski definition) is 0. The SMILES string of the molecule is COc1cccc(C)c1N(COC(C)C)C(=O)CCl.Cc1cccc(C)c1N(Cn1cccn1)C(=O)CCl. The summed E-state index contributed by atoms with van der Waals surface area (Å²) in [6, 6.07) is 13.4. The average molecular weight is 564 g/mol. The van der Waals surface area contributed by atoms with Crippen molar-refractivity contribution in [3.8, 4) is 5.75 Å². The molecule has 10 heteroatoms. The van der Waals surface area contributed by atoms with Crippen molar-refractivity contribution < 1.29 is 19.1 Å². The predicted octanol–water partition coefficient (Wildman–Crippen LogP) is 5.69. The van der Waals surface area contributed by atoms with Crippen molar-refractivity contribution in [1.82, 2.24) is 9.78 Å². The number of carbonyl (C=O) groups excluding carboxylic acids is 2. The number of carbonyl (C=O) groups is 2. The number of hydrogen-bond acceptors (Lipinski definition) is 5. The van der Waals surface area contributed by atoms with E-state index >= 15 is 0 Å². The minimum atomic E-state index is -0.213. The van der Waals surface area contributed by atoms with Gasteiger partial charge in [0.2, 0.25) is 11.8 Å². The summed E-state index contributed by atoms with van der Waals surface area (Å²) in [7, 11) is 1.57. The number of para-hydroxylation sites is 2. The van der Waals surface area contributed by atoms with E-state index < -0.39 is 0 Å². The molecule has 3 rings (SSSR count). The highest BCUT2D eigenvalue weighted by molar-refractivity contribution is 6.29. The second kappa shape index (κ2) is 15.4. The molecule has 0 radical (unpaired) electrons. The Hall–Kier alpha value is -3.07. The summed E-state index contributed by atoms with van der Waals surface area (Å²) in [6.45, 7) is 10.2. The third-order valence-corrected chi connectivity index (χ3v) is 6.07. The number of halogens is 2. The lowest BCUT2D eigenvalue weighted by molar-refractivity contribution is -0.118. The third kappa shape index (κ3) is 8.48. The quantitative estimate of drug-likeness (QED) is 0.234. The molecule has 0 fully saturated rings. The van der Waals surface area contributed by atoms with Crippen LogP contribution in [0.4, 0.5) is 11.4 Å². The maximum atomic E-state index is 12.1. The predicted molar refractivity (Wildman–Crippen MR) is 153 cm³/mol. The Kier molecular flexibility index (Phi) is 12.6. The molecule has 8 nitrogen and oxygen atoms in total. The van der Waals surface area contributed by atoms with Crippen molar-refractivity contribution >= 4 is 46.4 Å². The number of benzene rings is 2. The molecule has 1 heterocycles. The number of nitrogens with zero attached hydrogens (tertiary/aromatic N) is 4. The van der Waals surface area contributed by atoms with Crippen LogP contribution in [0.25, 0.3) is 0 Å². The number of aromatic nitrogens is 2. The summed E-state index contributed by atoms with van der Waals surface area (Å²) >= 11 is 11.4. The van der Waals surface area contributed by atoms with Gasteiger partial charge in [-0.3, -0.25) is 24.1 Å². The maximum Gasteiger partial charge on any atom is 0.243 e. The lowest BCUT2D eigenvalue weighted by Crippen LogP contribution is -2.36. The topological polar surface area (TPSA) is 76.9 Å². The summed E-state index contributed by atoms with van der Waals surface area (Å²) in [5.41, 5.74) is 4.64. The van der Waals surface area contributed by atoms with E-state index in [2.05, 4.69) is 5.10 Å². The molecule has 38 heavy (non-hydrogen) atoms. The zero-order chi connectivity index (χ0) is 28.2. The van der Waals surface area contributed by atoms with Crippen molar-refractivity contribution in [2.75, 3.05) is 35.4 Å². The molecule has 0 unspecified atom stereocenters. The van der Waals surface area contributed by atoms with Gasteiger partial charge in [0.15, 0.2) is 0 Å². The molecule has 0 saturated carbocycles. The first kappa shape index (κ1) is 31.1. The Morgan fingerprint density at radius 2 is 1.45 bits per heavy atom. The van der Waals surface area contributed by atoms with E-state index in [-0.39, 0.29) is 36.4 Å². The number of methoxy groups -OCH3 is 1. The van der Waals surface area contributed by atoms with Gasteiger partial charge in [-0.15, -0.1) is 23.2 Å². The fourth-order valence-electron chi connectivity index (χ4n) is 3.81. The molecule has 1 aromatic heterocycles. The highest BCUT2D eigenvalue weighted by Gasteiger charge is 2.21. The van der Waals surface area contributed by atoms with Crippen LogP contribution in [0.5, 0.6) is 5.75 Å². The first-order valence-electron chi connectivity index (χ1n) is 12.2. The second-order valence-electron chi connectivity index (χ2n) is 8.81. The second-order valence-corrected chi connectivity index (χ2v) is 9.34. The van der Waals surface area contributed by atoms with Crippen LogP contribution < -0.4 is 14.5 Å². The average Bonchev–Trinajstić information content (AvgIpc) is 3.41. The molecule has 2 aromatic carbocycles. The Morgan fingerprint density at radius 3 is 1.95 bits per heavy atom. The lowest BCUT2D eigenvalue weighted by Gasteiger charge is -2.26. The molecular weight excluding hydrogens is 527 g/mol. The molecule has 0 spiro atoms. The first-order valence-corrected chi connectivity index (χ1v) is 13.2. The number of anilines is 2. The van der Waals surface area contributed by atoms with Crippen molar-refractivity contribution in [2.24, 2.45) is 0 Å². The van der Waals surface area contributed by atoms with Crippen LogP contribution in [-0.4, -0.2) is 53.3 Å². The molecule has 0 N–H and O–H groups in total. The molecular formula is C28H36Cl2N4O4. The van der Waals surface area contributed by atoms with Gasteiger partial charge in [-0.25, -0.2) is 0 Å². The van der Waals surface area contributed by atoms with Crippen LogP contribution in [0.1, 0.15) is 30.5 Å². The zero-order valence-electron chi connectivity index (χ0n) is 22.8. The highest BCUT2D eigenvalue weighted by atomic mass is 35.5. The Labute approximate surface area is 235 Å². The molecule has 0 aliphatic carbocycles. The normalized spacial score (nSPS) is 10.6. The third-order valence-electron chi connectivity index (χ3n) is 5.61. The molecule has 0 saturated heterocycles. The fraction of sp³-hybridized carbons (Fsp3) is 0.393. The van der Waals surface area contributed by atoms with E-state index in [9.17, 15) is 9.59 Å². The minimum absolute atomic E-state index is 0.0284. The van der Waals surface area contributed by atoms with Crippen molar-refractivity contribution in [2.45, 2.75) is 47.4 Å². The molecule has 0 atom stereocenters. The van der Waals surface area contributed by atoms with Gasteiger partial charge in [-0.05, 0) is 63.4 Å². The van der Waals surface area contributed by atoms with E-state index in [0.29, 0.717) is 18.1 Å². The van der Waals surface area contributed by atoms with Crippen LogP contribution in [0.15, 0.2) is 54.9 Å². The van der Waals surface area contributed by atoms with Gasteiger partial charge in [0.25, 0.3) is 0 Å². The molecule has 0 bridgehead atoms. The van der Waals surface area contributed by atoms with Crippen molar-refractivity contribution in [3.63, 3.8) is 0 Å². The summed E-state index contributed by atoms with van der Waals surface area (Å²) in [4.78, 5) is 27.3. The van der Waals surface area contributed by atoms with Crippen LogP contribution in [0.2, 0.25) is 0 Å². The standard InChI is InChI=1S/C14H16ClN3O.C14H20ClNO3/c1-11-5-3-6-12(2)14(11)18(13(19)9-15)10-17-8-4-7-16-17;1-10(2)19-9-16(13(17)8-15)14-11(3)6-5-7-12(14)18-4/h3-8H,9-10H2,1-2H3;5-7,10H,8-9H2,1-4H3. The number of amides is 2. The van der Waals surface area contributed by atoms with Crippen molar-refractivity contribution in [1.29, 1.82) is 0 Å². The monoisotopic (exact) mass is 562 g/mol. The molecule has 206 valence electrons. The number of alkyl halides is 2. The van der Waals surface area contributed by atoms with Gasteiger partial charge < -0.3 is 9.47 Å². The summed E-state index contributed by atoms with van der Waals surface area (Å²) in [6.07, 6.45) is 3.54. The number of aryl methyl sites for hydroxylation is 3. The maximum absolute atomic E-state index is 12.1. The van der Waals surface area contributed by atoms with E-state index in [1.54, 1.807) is 22.9 Å². The Morgan fingerprint density at radius 1 is 0.895 bits per heavy atom. The molecule has 2 amide bonds. The molecule has 3 aromatic rings. The van der Waals surface area contributed by atoms with E-state index in [0.717, 1.165) is 22.4 Å². The summed E-state index contributed by atoms with van der Waals surface area (Å²) in [5, 5.41) is 4.14. The lowest BCUT2D eigenvalue weighted by atomic mass is 10.1. The largest absolute Gasteiger partial charge is 0.495 e. The van der Waals surface area contributed by atoms with Crippen LogP contribution >= 0.6 is 23.2 Å².